The Balaban J connectivity index is 1.65. The fraction of sp³-hybridized carbons (Fsp3) is 0.364. The van der Waals surface area contributed by atoms with Crippen LogP contribution in [0.1, 0.15) is 0 Å². The number of nitrogens with one attached hydrogen (secondary N) is 1. The number of anilines is 2. The number of aromatic nitrogens is 2. The van der Waals surface area contributed by atoms with E-state index in [0.717, 1.165) is 0 Å². The van der Waals surface area contributed by atoms with Gasteiger partial charge in [0, 0.05) is 15.9 Å². The molecule has 0 saturated carbocycles. The molecule has 0 spiro atoms. The Morgan fingerprint density at radius 1 is 1.03 bits per heavy atom. The van der Waals surface area contributed by atoms with Gasteiger partial charge in [-0.15, -0.1) is 0 Å². The van der Waals surface area contributed by atoms with E-state index in [-0.39, 0.29) is 33.4 Å². The first-order chi connectivity index (χ1) is 17.6. The maximum absolute atomic E-state index is 14.3. The third-order valence-electron chi connectivity index (χ3n) is 6.11. The number of benzene rings is 2. The molecular formula is C22H24BrFN4O10. The van der Waals surface area contributed by atoms with Crippen molar-refractivity contribution in [3.05, 3.63) is 46.9 Å². The maximum atomic E-state index is 14.3. The number of aliphatic hydroxyl groups is 8. The second-order valence-corrected chi connectivity index (χ2v) is 9.65. The molecule has 1 fully saturated rings. The maximum Gasteiger partial charge on any atom is 0.346 e. The van der Waals surface area contributed by atoms with E-state index in [0.29, 0.717) is 9.86 Å². The van der Waals surface area contributed by atoms with Crippen molar-refractivity contribution in [2.24, 2.45) is 0 Å². The van der Waals surface area contributed by atoms with Crippen LogP contribution in [0.25, 0.3) is 10.9 Å². The second-order valence-electron chi connectivity index (χ2n) is 8.73. The van der Waals surface area contributed by atoms with E-state index in [1.807, 2.05) is 0 Å². The largest absolute Gasteiger partial charge is 0.493 e. The molecule has 1 aliphatic rings. The van der Waals surface area contributed by atoms with Gasteiger partial charge in [0.2, 0.25) is 17.2 Å². The molecule has 14 nitrogen and oxygen atoms in total. The zero-order valence-corrected chi connectivity index (χ0v) is 21.2. The number of methoxy groups -OCH3 is 1. The molecular weight excluding hydrogens is 579 g/mol. The molecule has 0 atom stereocenters. The van der Waals surface area contributed by atoms with Crippen LogP contribution in [0.5, 0.6) is 11.5 Å². The normalized spacial score (nSPS) is 18.8. The van der Waals surface area contributed by atoms with Crippen LogP contribution in [-0.4, -0.2) is 106 Å². The highest BCUT2D eigenvalue weighted by Crippen LogP contribution is 2.40. The number of halogens is 2. The summed E-state index contributed by atoms with van der Waals surface area (Å²) in [4.78, 5) is 8.35. The molecule has 2 aromatic carbocycles. The Labute approximate surface area is 221 Å². The van der Waals surface area contributed by atoms with Gasteiger partial charge in [0.15, 0.2) is 11.5 Å². The number of rotatable bonds is 7. The van der Waals surface area contributed by atoms with E-state index < -0.39 is 48.8 Å². The summed E-state index contributed by atoms with van der Waals surface area (Å²) in [5, 5.41) is 83.6. The minimum atomic E-state index is -3.65. The highest BCUT2D eigenvalue weighted by molar-refractivity contribution is 9.10. The fourth-order valence-electron chi connectivity index (χ4n) is 3.95. The number of β-amino-alcohol motifs (C(OH)–C–C–N with tert-alkyl or cyclic N) is 4. The lowest BCUT2D eigenvalue weighted by Crippen LogP contribution is -2.81. The molecule has 206 valence electrons. The van der Waals surface area contributed by atoms with Crippen molar-refractivity contribution in [1.29, 1.82) is 0 Å². The monoisotopic (exact) mass is 602 g/mol. The number of hydrogen-bond acceptors (Lipinski definition) is 14. The van der Waals surface area contributed by atoms with E-state index >= 15 is 0 Å². The van der Waals surface area contributed by atoms with Gasteiger partial charge in [-0.2, -0.15) is 0 Å². The van der Waals surface area contributed by atoms with Gasteiger partial charge in [0.1, 0.15) is 24.6 Å². The molecule has 0 unspecified atom stereocenters. The highest BCUT2D eigenvalue weighted by Gasteiger charge is 2.68. The van der Waals surface area contributed by atoms with E-state index in [9.17, 15) is 45.2 Å². The second kappa shape index (κ2) is 9.76. The van der Waals surface area contributed by atoms with Crippen molar-refractivity contribution in [2.45, 2.75) is 23.3 Å². The van der Waals surface area contributed by atoms with E-state index in [1.54, 1.807) is 6.07 Å². The van der Waals surface area contributed by atoms with E-state index in [2.05, 4.69) is 31.2 Å². The zero-order valence-electron chi connectivity index (χ0n) is 19.6. The van der Waals surface area contributed by atoms with Crippen LogP contribution >= 0.6 is 15.9 Å². The summed E-state index contributed by atoms with van der Waals surface area (Å²) in [7, 11) is 1.28. The van der Waals surface area contributed by atoms with Crippen molar-refractivity contribution in [3.63, 3.8) is 0 Å². The Kier molecular flexibility index (Phi) is 7.25. The SMILES string of the molecule is COc1cc2c(Nc3ccc(Br)cc3F)ncnc2cc1OCC1(O)C(O)(O)CN(C(O)(O)O)CC1(O)O. The minimum absolute atomic E-state index is 0.0238. The lowest BCUT2D eigenvalue weighted by atomic mass is 9.80. The summed E-state index contributed by atoms with van der Waals surface area (Å²) < 4.78 is 25.7. The lowest BCUT2D eigenvalue weighted by molar-refractivity contribution is -0.467. The van der Waals surface area contributed by atoms with E-state index in [1.165, 1.54) is 37.7 Å². The number of piperidine rings is 1. The third-order valence-corrected chi connectivity index (χ3v) is 6.61. The third kappa shape index (κ3) is 5.10. The molecule has 4 rings (SSSR count). The predicted octanol–water partition coefficient (Wildman–Crippen LogP) is -1.34. The lowest BCUT2D eigenvalue weighted by Gasteiger charge is -2.54. The van der Waals surface area contributed by atoms with Crippen molar-refractivity contribution < 1.29 is 54.7 Å². The molecule has 0 aliphatic carbocycles. The van der Waals surface area contributed by atoms with Crippen molar-refractivity contribution in [3.8, 4) is 11.5 Å². The van der Waals surface area contributed by atoms with Gasteiger partial charge in [-0.05, 0) is 24.3 Å². The van der Waals surface area contributed by atoms with Gasteiger partial charge in [0.05, 0.1) is 31.4 Å². The van der Waals surface area contributed by atoms with Crippen LogP contribution in [0, 0.1) is 5.82 Å². The average molecular weight is 603 g/mol. The quantitative estimate of drug-likeness (QED) is 0.143. The average Bonchev–Trinajstić information content (AvgIpc) is 2.81. The number of nitrogens with zero attached hydrogens (tertiary/aromatic N) is 3. The summed E-state index contributed by atoms with van der Waals surface area (Å²) in [6.07, 6.45) is -2.47. The van der Waals surface area contributed by atoms with Crippen LogP contribution in [0.4, 0.5) is 15.9 Å². The summed E-state index contributed by atoms with van der Waals surface area (Å²) >= 11 is 3.18. The molecule has 38 heavy (non-hydrogen) atoms. The number of hydrogen-bond donors (Lipinski definition) is 9. The smallest absolute Gasteiger partial charge is 0.346 e. The van der Waals surface area contributed by atoms with Crippen molar-refractivity contribution >= 4 is 38.3 Å². The Morgan fingerprint density at radius 3 is 2.26 bits per heavy atom. The fourth-order valence-corrected chi connectivity index (χ4v) is 4.28. The van der Waals surface area contributed by atoms with E-state index in [4.69, 9.17) is 9.47 Å². The molecule has 0 amide bonds. The number of likely N-dealkylation sites (tertiary alicyclic amines) is 1. The van der Waals surface area contributed by atoms with Gasteiger partial charge >= 0.3 is 6.10 Å². The van der Waals surface area contributed by atoms with Gasteiger partial charge in [-0.3, -0.25) is 0 Å². The van der Waals surface area contributed by atoms with Gasteiger partial charge in [0.25, 0.3) is 0 Å². The molecule has 1 aromatic heterocycles. The summed E-state index contributed by atoms with van der Waals surface area (Å²) in [6, 6.07) is 7.13. The Hall–Kier alpha value is -2.77. The molecule has 3 aromatic rings. The molecule has 0 bridgehead atoms. The predicted molar refractivity (Wildman–Crippen MR) is 129 cm³/mol. The Morgan fingerprint density at radius 2 is 1.68 bits per heavy atom. The topological polar surface area (TPSA) is 221 Å². The first-order valence-electron chi connectivity index (χ1n) is 10.8. The first-order valence-corrected chi connectivity index (χ1v) is 11.6. The number of ether oxygens (including phenoxy) is 2. The molecule has 1 aliphatic heterocycles. The minimum Gasteiger partial charge on any atom is -0.493 e. The van der Waals surface area contributed by atoms with Crippen LogP contribution in [-0.2, 0) is 0 Å². The van der Waals surface area contributed by atoms with Crippen molar-refractivity contribution in [1.82, 2.24) is 14.9 Å². The molecule has 2 heterocycles. The first kappa shape index (κ1) is 28.2. The number of fused-ring (bicyclic) bond motifs is 1. The van der Waals surface area contributed by atoms with Crippen LogP contribution in [0.15, 0.2) is 41.1 Å². The molecule has 1 saturated heterocycles. The van der Waals surface area contributed by atoms with Gasteiger partial charge < -0.3 is 55.6 Å². The van der Waals surface area contributed by atoms with Gasteiger partial charge in [-0.1, -0.05) is 15.9 Å². The molecule has 9 N–H and O–H groups in total. The zero-order chi connectivity index (χ0) is 28.1. The standard InChI is InChI=1S/C22H24BrFN4O10/c1-37-16-5-12-15(25-10-26-18(12)27-14-3-2-11(23)4-13(14)24)6-17(16)38-9-19(29)20(30,31)7-28(22(34,35)36)8-21(19,32)33/h2-6,10,29-36H,7-9H2,1H3,(H,25,26,27). The van der Waals surface area contributed by atoms with Crippen LogP contribution in [0.2, 0.25) is 0 Å². The summed E-state index contributed by atoms with van der Waals surface area (Å²) in [5.74, 6) is -7.29. The summed E-state index contributed by atoms with van der Waals surface area (Å²) in [5.41, 5.74) is -2.84. The highest BCUT2D eigenvalue weighted by atomic mass is 79.9. The van der Waals surface area contributed by atoms with Crippen LogP contribution < -0.4 is 14.8 Å². The van der Waals surface area contributed by atoms with Crippen molar-refractivity contribution in [2.75, 3.05) is 32.1 Å². The van der Waals surface area contributed by atoms with Crippen LogP contribution in [0.3, 0.4) is 0 Å². The summed E-state index contributed by atoms with van der Waals surface area (Å²) in [6.45, 7) is -3.59. The van der Waals surface area contributed by atoms with Gasteiger partial charge in [-0.25, -0.2) is 19.3 Å². The molecule has 0 radical (unpaired) electrons. The Bertz CT molecular complexity index is 1340. The molecule has 16 heteroatoms.